The molecular weight excluding hydrogens is 316 g/mol. The largest absolute Gasteiger partial charge is 0.481 e. The van der Waals surface area contributed by atoms with Crippen LogP contribution in [-0.2, 0) is 4.79 Å². The first-order valence-electron chi connectivity index (χ1n) is 8.98. The fraction of sp³-hybridized carbons (Fsp3) is 0.450. The predicted molar refractivity (Wildman–Crippen MR) is 94.6 cm³/mol. The number of carboxylic acid groups (broad SMARTS) is 1. The number of carbonyl (C=O) groups excluding carboxylic acids is 1. The highest BCUT2D eigenvalue weighted by Gasteiger charge is 2.34. The summed E-state index contributed by atoms with van der Waals surface area (Å²) in [6.45, 7) is 2.28. The van der Waals surface area contributed by atoms with Crippen molar-refractivity contribution in [1.29, 1.82) is 0 Å². The number of pyridine rings is 1. The van der Waals surface area contributed by atoms with Crippen LogP contribution in [0.4, 0.5) is 0 Å². The van der Waals surface area contributed by atoms with Crippen molar-refractivity contribution in [3.05, 3.63) is 41.6 Å². The van der Waals surface area contributed by atoms with Crippen LogP contribution in [0.15, 0.2) is 30.3 Å². The molecule has 2 aliphatic rings. The van der Waals surface area contributed by atoms with E-state index in [-0.39, 0.29) is 18.5 Å². The summed E-state index contributed by atoms with van der Waals surface area (Å²) in [5.41, 5.74) is 2.49. The Balaban J connectivity index is 1.74. The van der Waals surface area contributed by atoms with Crippen molar-refractivity contribution in [2.45, 2.75) is 44.6 Å². The molecule has 1 aromatic heterocycles. The van der Waals surface area contributed by atoms with E-state index in [1.54, 1.807) is 4.90 Å². The van der Waals surface area contributed by atoms with Crippen molar-refractivity contribution in [1.82, 2.24) is 9.88 Å². The third-order valence-corrected chi connectivity index (χ3v) is 5.45. The summed E-state index contributed by atoms with van der Waals surface area (Å²) < 4.78 is 0. The summed E-state index contributed by atoms with van der Waals surface area (Å²) >= 11 is 0. The average molecular weight is 338 g/mol. The van der Waals surface area contributed by atoms with E-state index < -0.39 is 11.9 Å². The maximum Gasteiger partial charge on any atom is 0.308 e. The van der Waals surface area contributed by atoms with E-state index >= 15 is 0 Å². The molecular formula is C20H22N2O3. The smallest absolute Gasteiger partial charge is 0.308 e. The summed E-state index contributed by atoms with van der Waals surface area (Å²) in [6.07, 6.45) is 3.60. The van der Waals surface area contributed by atoms with Crippen LogP contribution < -0.4 is 0 Å². The first-order valence-corrected chi connectivity index (χ1v) is 8.98. The molecule has 2 heterocycles. The minimum atomic E-state index is -0.817. The van der Waals surface area contributed by atoms with Gasteiger partial charge in [0.25, 0.3) is 5.91 Å². The van der Waals surface area contributed by atoms with Crippen LogP contribution in [0.5, 0.6) is 0 Å². The quantitative estimate of drug-likeness (QED) is 0.931. The van der Waals surface area contributed by atoms with Crippen molar-refractivity contribution >= 4 is 22.8 Å². The number of amides is 1. The van der Waals surface area contributed by atoms with Gasteiger partial charge in [-0.3, -0.25) is 14.6 Å². The molecule has 5 heteroatoms. The van der Waals surface area contributed by atoms with Crippen LogP contribution in [0.2, 0.25) is 0 Å². The van der Waals surface area contributed by atoms with Gasteiger partial charge in [0, 0.05) is 29.6 Å². The van der Waals surface area contributed by atoms with Gasteiger partial charge in [-0.15, -0.1) is 0 Å². The zero-order valence-corrected chi connectivity index (χ0v) is 14.3. The summed E-state index contributed by atoms with van der Waals surface area (Å²) in [5.74, 6) is -0.903. The second-order valence-electron chi connectivity index (χ2n) is 7.31. The van der Waals surface area contributed by atoms with Crippen molar-refractivity contribution in [2.75, 3.05) is 6.54 Å². The topological polar surface area (TPSA) is 70.5 Å². The van der Waals surface area contributed by atoms with Crippen molar-refractivity contribution in [3.63, 3.8) is 0 Å². The number of rotatable bonds is 3. The second-order valence-corrected chi connectivity index (χ2v) is 7.31. The Morgan fingerprint density at radius 2 is 1.92 bits per heavy atom. The number of nitrogens with zero attached hydrogens (tertiary/aromatic N) is 2. The van der Waals surface area contributed by atoms with E-state index in [9.17, 15) is 14.7 Å². The standard InChI is InChI=1S/C20H22N2O3/c1-12-6-7-14(20(24)25)11-22(12)19(23)16-10-18(13-8-9-13)21-17-5-3-2-4-15(16)17/h2-5,10,12-14H,6-9,11H2,1H3,(H,24,25). The molecule has 0 radical (unpaired) electrons. The molecule has 2 fully saturated rings. The maximum absolute atomic E-state index is 13.3. The molecule has 1 N–H and O–H groups in total. The number of aromatic nitrogens is 1. The van der Waals surface area contributed by atoms with Gasteiger partial charge in [-0.05, 0) is 44.7 Å². The molecule has 0 bridgehead atoms. The number of fused-ring (bicyclic) bond motifs is 1. The first-order chi connectivity index (χ1) is 12.0. The van der Waals surface area contributed by atoms with Crippen molar-refractivity contribution in [3.8, 4) is 0 Å². The summed E-state index contributed by atoms with van der Waals surface area (Å²) in [4.78, 5) is 31.1. The molecule has 4 rings (SSSR count). The van der Waals surface area contributed by atoms with Crippen LogP contribution >= 0.6 is 0 Å². The van der Waals surface area contributed by atoms with Crippen molar-refractivity contribution < 1.29 is 14.7 Å². The molecule has 1 aromatic carbocycles. The Morgan fingerprint density at radius 3 is 2.64 bits per heavy atom. The number of hydrogen-bond acceptors (Lipinski definition) is 3. The Hall–Kier alpha value is -2.43. The van der Waals surface area contributed by atoms with E-state index in [2.05, 4.69) is 0 Å². The third-order valence-electron chi connectivity index (χ3n) is 5.45. The molecule has 2 atom stereocenters. The number of carbonyl (C=O) groups is 2. The minimum Gasteiger partial charge on any atom is -0.481 e. The fourth-order valence-electron chi connectivity index (χ4n) is 3.71. The lowest BCUT2D eigenvalue weighted by Gasteiger charge is -2.36. The molecule has 1 saturated heterocycles. The highest BCUT2D eigenvalue weighted by Crippen LogP contribution is 2.40. The highest BCUT2D eigenvalue weighted by molar-refractivity contribution is 6.06. The van der Waals surface area contributed by atoms with Crippen LogP contribution in [0.1, 0.15) is 54.6 Å². The average Bonchev–Trinajstić information content (AvgIpc) is 3.45. The van der Waals surface area contributed by atoms with E-state index in [0.717, 1.165) is 35.9 Å². The third kappa shape index (κ3) is 2.99. The van der Waals surface area contributed by atoms with Crippen LogP contribution in [0.25, 0.3) is 10.9 Å². The van der Waals surface area contributed by atoms with Gasteiger partial charge in [0.1, 0.15) is 0 Å². The van der Waals surface area contributed by atoms with Gasteiger partial charge in [-0.25, -0.2) is 0 Å². The molecule has 5 nitrogen and oxygen atoms in total. The van der Waals surface area contributed by atoms with Gasteiger partial charge in [-0.2, -0.15) is 0 Å². The van der Waals surface area contributed by atoms with E-state index in [1.807, 2.05) is 37.3 Å². The fourth-order valence-corrected chi connectivity index (χ4v) is 3.71. The number of likely N-dealkylation sites (tertiary alicyclic amines) is 1. The lowest BCUT2D eigenvalue weighted by atomic mass is 9.92. The van der Waals surface area contributed by atoms with Crippen molar-refractivity contribution in [2.24, 2.45) is 5.92 Å². The van der Waals surface area contributed by atoms with E-state index in [4.69, 9.17) is 4.98 Å². The van der Waals surface area contributed by atoms with Gasteiger partial charge >= 0.3 is 5.97 Å². The normalized spacial score (nSPS) is 23.6. The SMILES string of the molecule is CC1CCC(C(=O)O)CN1C(=O)c1cc(C2CC2)nc2ccccc12. The summed E-state index contributed by atoms with van der Waals surface area (Å²) in [6, 6.07) is 9.70. The van der Waals surface area contributed by atoms with E-state index in [1.165, 1.54) is 0 Å². The molecule has 1 aliphatic heterocycles. The molecule has 0 spiro atoms. The van der Waals surface area contributed by atoms with Gasteiger partial charge < -0.3 is 10.0 Å². The van der Waals surface area contributed by atoms with Gasteiger partial charge in [0.15, 0.2) is 0 Å². The molecule has 1 amide bonds. The summed E-state index contributed by atoms with van der Waals surface area (Å²) in [7, 11) is 0. The van der Waals surface area contributed by atoms with Crippen LogP contribution in [-0.4, -0.2) is 39.5 Å². The number of para-hydroxylation sites is 1. The van der Waals surface area contributed by atoms with E-state index in [0.29, 0.717) is 17.9 Å². The minimum absolute atomic E-state index is 0.0550. The van der Waals surface area contributed by atoms with Gasteiger partial charge in [0.05, 0.1) is 17.0 Å². The molecule has 2 aromatic rings. The number of carboxylic acids is 1. The molecule has 1 saturated carbocycles. The second kappa shape index (κ2) is 6.14. The monoisotopic (exact) mass is 338 g/mol. The van der Waals surface area contributed by atoms with Crippen LogP contribution in [0, 0.1) is 5.92 Å². The molecule has 25 heavy (non-hydrogen) atoms. The zero-order valence-electron chi connectivity index (χ0n) is 14.3. The van der Waals surface area contributed by atoms with Crippen LogP contribution in [0.3, 0.4) is 0 Å². The summed E-state index contributed by atoms with van der Waals surface area (Å²) in [5, 5.41) is 10.2. The maximum atomic E-state index is 13.3. The zero-order chi connectivity index (χ0) is 17.6. The lowest BCUT2D eigenvalue weighted by Crippen LogP contribution is -2.47. The predicted octanol–water partition coefficient (Wildman–Crippen LogP) is 3.44. The Labute approximate surface area is 146 Å². The number of hydrogen-bond donors (Lipinski definition) is 1. The Kier molecular flexibility index (Phi) is 3.94. The molecule has 130 valence electrons. The lowest BCUT2D eigenvalue weighted by molar-refractivity contribution is -0.143. The van der Waals surface area contributed by atoms with Gasteiger partial charge in [0.2, 0.25) is 0 Å². The molecule has 2 unspecified atom stereocenters. The Morgan fingerprint density at radius 1 is 1.16 bits per heavy atom. The Bertz CT molecular complexity index is 844. The highest BCUT2D eigenvalue weighted by atomic mass is 16.4. The number of aliphatic carboxylic acids is 1. The first kappa shape index (κ1) is 16.1. The number of piperidine rings is 1. The van der Waals surface area contributed by atoms with Gasteiger partial charge in [-0.1, -0.05) is 18.2 Å². The molecule has 1 aliphatic carbocycles. The number of benzene rings is 1.